The van der Waals surface area contributed by atoms with Crippen LogP contribution in [0.3, 0.4) is 0 Å². The van der Waals surface area contributed by atoms with E-state index >= 15 is 0 Å². The fourth-order valence-electron chi connectivity index (χ4n) is 2.97. The summed E-state index contributed by atoms with van der Waals surface area (Å²) >= 11 is 0. The number of aliphatic hydroxyl groups is 1. The second kappa shape index (κ2) is 5.41. The number of benzene rings is 1. The summed E-state index contributed by atoms with van der Waals surface area (Å²) in [6, 6.07) is 9.35. The molecule has 100 valence electrons. The molecule has 1 aliphatic rings. The molecule has 0 fully saturated rings. The first-order chi connectivity index (χ1) is 8.58. The highest BCUT2D eigenvalue weighted by Gasteiger charge is 2.32. The maximum atomic E-state index is 9.34. The summed E-state index contributed by atoms with van der Waals surface area (Å²) in [6.45, 7) is 6.99. The predicted octanol–water partition coefficient (Wildman–Crippen LogP) is 3.16. The topological polar surface area (TPSA) is 32.3 Å². The van der Waals surface area contributed by atoms with E-state index in [1.54, 1.807) is 0 Å². The zero-order valence-corrected chi connectivity index (χ0v) is 11.7. The third kappa shape index (κ3) is 2.60. The van der Waals surface area contributed by atoms with E-state index in [2.05, 4.69) is 50.4 Å². The molecule has 2 N–H and O–H groups in total. The molecule has 2 rings (SSSR count). The SMILES string of the molecule is CC[C@H](CO)NC1CCC(C)(C)c2ccccc21. The molecule has 0 radical (unpaired) electrons. The van der Waals surface area contributed by atoms with Crippen LogP contribution in [-0.4, -0.2) is 17.8 Å². The molecule has 0 aromatic heterocycles. The van der Waals surface area contributed by atoms with Gasteiger partial charge in [0.05, 0.1) is 6.61 Å². The number of aliphatic hydroxyl groups excluding tert-OH is 1. The number of fused-ring (bicyclic) bond motifs is 1. The maximum Gasteiger partial charge on any atom is 0.0584 e. The molecule has 0 saturated carbocycles. The van der Waals surface area contributed by atoms with E-state index in [0.29, 0.717) is 6.04 Å². The van der Waals surface area contributed by atoms with Crippen molar-refractivity contribution in [1.82, 2.24) is 5.32 Å². The maximum absolute atomic E-state index is 9.34. The van der Waals surface area contributed by atoms with Crippen LogP contribution in [0.25, 0.3) is 0 Å². The van der Waals surface area contributed by atoms with E-state index in [1.165, 1.54) is 17.5 Å². The molecule has 0 spiro atoms. The van der Waals surface area contributed by atoms with Crippen LogP contribution in [0.1, 0.15) is 57.2 Å². The lowest BCUT2D eigenvalue weighted by Gasteiger charge is -2.38. The van der Waals surface area contributed by atoms with E-state index in [-0.39, 0.29) is 18.1 Å². The first-order valence-electron chi connectivity index (χ1n) is 7.05. The molecule has 0 saturated heterocycles. The number of rotatable bonds is 4. The minimum absolute atomic E-state index is 0.212. The van der Waals surface area contributed by atoms with Crippen LogP contribution in [0, 0.1) is 0 Å². The normalized spacial score (nSPS) is 23.4. The molecule has 2 nitrogen and oxygen atoms in total. The molecular weight excluding hydrogens is 222 g/mol. The van der Waals surface area contributed by atoms with Crippen molar-refractivity contribution < 1.29 is 5.11 Å². The summed E-state index contributed by atoms with van der Waals surface area (Å²) in [4.78, 5) is 0. The van der Waals surface area contributed by atoms with E-state index in [1.807, 2.05) is 0 Å². The summed E-state index contributed by atoms with van der Waals surface area (Å²) in [6.07, 6.45) is 3.32. The minimum atomic E-state index is 0.212. The zero-order valence-electron chi connectivity index (χ0n) is 11.7. The zero-order chi connectivity index (χ0) is 13.2. The van der Waals surface area contributed by atoms with Gasteiger partial charge in [0, 0.05) is 12.1 Å². The van der Waals surface area contributed by atoms with Crippen LogP contribution in [0.5, 0.6) is 0 Å². The van der Waals surface area contributed by atoms with E-state index in [9.17, 15) is 5.11 Å². The first kappa shape index (κ1) is 13.6. The quantitative estimate of drug-likeness (QED) is 0.856. The van der Waals surface area contributed by atoms with Gasteiger partial charge in [-0.2, -0.15) is 0 Å². The number of hydrogen-bond acceptors (Lipinski definition) is 2. The van der Waals surface area contributed by atoms with Gasteiger partial charge < -0.3 is 10.4 Å². The Morgan fingerprint density at radius 2 is 2.11 bits per heavy atom. The highest BCUT2D eigenvalue weighted by Crippen LogP contribution is 2.41. The van der Waals surface area contributed by atoms with Crippen molar-refractivity contribution in [1.29, 1.82) is 0 Å². The summed E-state index contributed by atoms with van der Waals surface area (Å²) in [5, 5.41) is 12.9. The van der Waals surface area contributed by atoms with Crippen LogP contribution in [-0.2, 0) is 5.41 Å². The molecular formula is C16H25NO. The van der Waals surface area contributed by atoms with Crippen LogP contribution >= 0.6 is 0 Å². The molecule has 0 heterocycles. The van der Waals surface area contributed by atoms with Crippen molar-refractivity contribution in [3.05, 3.63) is 35.4 Å². The third-order valence-electron chi connectivity index (χ3n) is 4.27. The fourth-order valence-corrected chi connectivity index (χ4v) is 2.97. The molecule has 0 bridgehead atoms. The van der Waals surface area contributed by atoms with Gasteiger partial charge in [0.2, 0.25) is 0 Å². The van der Waals surface area contributed by atoms with E-state index < -0.39 is 0 Å². The molecule has 1 aliphatic carbocycles. The molecule has 18 heavy (non-hydrogen) atoms. The van der Waals surface area contributed by atoms with Crippen LogP contribution < -0.4 is 5.32 Å². The Labute approximate surface area is 110 Å². The summed E-state index contributed by atoms with van der Waals surface area (Å²) in [5.74, 6) is 0. The van der Waals surface area contributed by atoms with E-state index in [0.717, 1.165) is 12.8 Å². The van der Waals surface area contributed by atoms with Crippen molar-refractivity contribution in [2.75, 3.05) is 6.61 Å². The minimum Gasteiger partial charge on any atom is -0.395 e. The first-order valence-corrected chi connectivity index (χ1v) is 7.05. The highest BCUT2D eigenvalue weighted by atomic mass is 16.3. The monoisotopic (exact) mass is 247 g/mol. The summed E-state index contributed by atoms with van der Waals surface area (Å²) in [5.41, 5.74) is 3.15. The Hall–Kier alpha value is -0.860. The Kier molecular flexibility index (Phi) is 4.08. The predicted molar refractivity (Wildman–Crippen MR) is 75.7 cm³/mol. The largest absolute Gasteiger partial charge is 0.395 e. The Balaban J connectivity index is 2.25. The van der Waals surface area contributed by atoms with E-state index in [4.69, 9.17) is 0 Å². The summed E-state index contributed by atoms with van der Waals surface area (Å²) in [7, 11) is 0. The van der Waals surface area contributed by atoms with Gasteiger partial charge in [-0.05, 0) is 35.8 Å². The molecule has 2 atom stereocenters. The van der Waals surface area contributed by atoms with Gasteiger partial charge in [0.1, 0.15) is 0 Å². The molecule has 0 aliphatic heterocycles. The third-order valence-corrected chi connectivity index (χ3v) is 4.27. The smallest absolute Gasteiger partial charge is 0.0584 e. The molecule has 0 amide bonds. The summed E-state index contributed by atoms with van der Waals surface area (Å²) < 4.78 is 0. The van der Waals surface area contributed by atoms with Gasteiger partial charge in [-0.3, -0.25) is 0 Å². The van der Waals surface area contributed by atoms with Crippen molar-refractivity contribution in [2.45, 2.75) is 57.5 Å². The average molecular weight is 247 g/mol. The Morgan fingerprint density at radius 3 is 2.78 bits per heavy atom. The molecule has 1 aromatic rings. The average Bonchev–Trinajstić information content (AvgIpc) is 2.38. The Morgan fingerprint density at radius 1 is 1.39 bits per heavy atom. The van der Waals surface area contributed by atoms with Gasteiger partial charge >= 0.3 is 0 Å². The Bertz CT molecular complexity index is 396. The van der Waals surface area contributed by atoms with Gasteiger partial charge in [0.15, 0.2) is 0 Å². The second-order valence-electron chi connectivity index (χ2n) is 6.02. The van der Waals surface area contributed by atoms with Gasteiger partial charge in [-0.15, -0.1) is 0 Å². The second-order valence-corrected chi connectivity index (χ2v) is 6.02. The van der Waals surface area contributed by atoms with Crippen molar-refractivity contribution >= 4 is 0 Å². The number of hydrogen-bond donors (Lipinski definition) is 2. The highest BCUT2D eigenvalue weighted by molar-refractivity contribution is 5.38. The van der Waals surface area contributed by atoms with Crippen molar-refractivity contribution in [2.24, 2.45) is 0 Å². The standard InChI is InChI=1S/C16H25NO/c1-4-12(11-18)17-15-9-10-16(2,3)14-8-6-5-7-13(14)15/h5-8,12,15,17-18H,4,9-11H2,1-3H3/t12-,15?/m1/s1. The van der Waals surface area contributed by atoms with Crippen LogP contribution in [0.4, 0.5) is 0 Å². The van der Waals surface area contributed by atoms with Gasteiger partial charge in [-0.1, -0.05) is 45.0 Å². The van der Waals surface area contributed by atoms with Gasteiger partial charge in [-0.25, -0.2) is 0 Å². The lowest BCUT2D eigenvalue weighted by Crippen LogP contribution is -2.39. The van der Waals surface area contributed by atoms with Crippen molar-refractivity contribution in [3.8, 4) is 0 Å². The van der Waals surface area contributed by atoms with Crippen LogP contribution in [0.15, 0.2) is 24.3 Å². The van der Waals surface area contributed by atoms with Crippen LogP contribution in [0.2, 0.25) is 0 Å². The lowest BCUT2D eigenvalue weighted by molar-refractivity contribution is 0.218. The lowest BCUT2D eigenvalue weighted by atomic mass is 9.71. The number of nitrogens with one attached hydrogen (secondary N) is 1. The molecule has 2 heteroatoms. The fraction of sp³-hybridized carbons (Fsp3) is 0.625. The molecule has 1 unspecified atom stereocenters. The van der Waals surface area contributed by atoms with Gasteiger partial charge in [0.25, 0.3) is 0 Å². The molecule has 1 aromatic carbocycles. The van der Waals surface area contributed by atoms with Crippen molar-refractivity contribution in [3.63, 3.8) is 0 Å².